The molecule has 7 nitrogen and oxygen atoms in total. The quantitative estimate of drug-likeness (QED) is 0.726. The Kier molecular flexibility index (Phi) is 4.87. The summed E-state index contributed by atoms with van der Waals surface area (Å²) in [5.41, 5.74) is 9.37. The number of nitrogens with two attached hydrogens (primary N) is 1. The first-order valence-electron chi connectivity index (χ1n) is 8.09. The highest BCUT2D eigenvalue weighted by atomic mass is 16.5. The van der Waals surface area contributed by atoms with E-state index in [1.165, 1.54) is 0 Å². The second-order valence-corrected chi connectivity index (χ2v) is 5.93. The van der Waals surface area contributed by atoms with Gasteiger partial charge >= 0.3 is 6.01 Å². The average Bonchev–Trinajstić information content (AvgIpc) is 2.64. The molecule has 0 aliphatic rings. The lowest BCUT2D eigenvalue weighted by molar-refractivity contribution is 0.437. The van der Waals surface area contributed by atoms with Crippen LogP contribution in [0.1, 0.15) is 22.3 Å². The lowest BCUT2D eigenvalue weighted by atomic mass is 10.1. The molecule has 0 aliphatic carbocycles. The first-order chi connectivity index (χ1) is 13.0. The van der Waals surface area contributed by atoms with Crippen molar-refractivity contribution in [1.29, 1.82) is 10.5 Å². The molecule has 0 saturated heterocycles. The van der Waals surface area contributed by atoms with Crippen LogP contribution in [-0.2, 0) is 0 Å². The van der Waals surface area contributed by atoms with Gasteiger partial charge in [0.25, 0.3) is 0 Å². The van der Waals surface area contributed by atoms with Gasteiger partial charge < -0.3 is 15.8 Å². The Labute approximate surface area is 156 Å². The van der Waals surface area contributed by atoms with Gasteiger partial charge in [0.2, 0.25) is 0 Å². The second-order valence-electron chi connectivity index (χ2n) is 5.93. The largest absolute Gasteiger partial charge is 0.424 e. The Morgan fingerprint density at radius 3 is 2.15 bits per heavy atom. The van der Waals surface area contributed by atoms with E-state index in [1.54, 1.807) is 42.5 Å². The molecule has 2 aromatic carbocycles. The van der Waals surface area contributed by atoms with Crippen molar-refractivity contribution in [1.82, 2.24) is 9.97 Å². The van der Waals surface area contributed by atoms with E-state index < -0.39 is 0 Å². The van der Waals surface area contributed by atoms with Gasteiger partial charge in [-0.25, -0.2) is 0 Å². The fourth-order valence-corrected chi connectivity index (χ4v) is 2.60. The van der Waals surface area contributed by atoms with Crippen molar-refractivity contribution < 1.29 is 4.74 Å². The summed E-state index contributed by atoms with van der Waals surface area (Å²) in [6.45, 7) is 3.71. The summed E-state index contributed by atoms with van der Waals surface area (Å²) in [4.78, 5) is 8.46. The highest BCUT2D eigenvalue weighted by Gasteiger charge is 2.11. The summed E-state index contributed by atoms with van der Waals surface area (Å²) in [6, 6.07) is 16.3. The Balaban J connectivity index is 1.88. The van der Waals surface area contributed by atoms with E-state index in [0.717, 1.165) is 16.8 Å². The van der Waals surface area contributed by atoms with E-state index in [9.17, 15) is 0 Å². The summed E-state index contributed by atoms with van der Waals surface area (Å²) in [6.07, 6.45) is 0. The maximum atomic E-state index is 9.05. The third-order valence-electron chi connectivity index (χ3n) is 3.79. The van der Waals surface area contributed by atoms with E-state index in [-0.39, 0.29) is 11.8 Å². The van der Waals surface area contributed by atoms with Crippen LogP contribution >= 0.6 is 0 Å². The van der Waals surface area contributed by atoms with Crippen LogP contribution in [-0.4, -0.2) is 9.97 Å². The minimum atomic E-state index is 0.0991. The van der Waals surface area contributed by atoms with Gasteiger partial charge in [0.15, 0.2) is 0 Å². The molecule has 3 rings (SSSR count). The molecule has 3 aromatic rings. The molecular formula is C20H16N6O. The number of benzene rings is 2. The van der Waals surface area contributed by atoms with Crippen LogP contribution in [0.25, 0.3) is 0 Å². The van der Waals surface area contributed by atoms with Crippen LogP contribution in [0.5, 0.6) is 11.8 Å². The highest BCUT2D eigenvalue weighted by Crippen LogP contribution is 2.29. The highest BCUT2D eigenvalue weighted by molar-refractivity contribution is 5.60. The van der Waals surface area contributed by atoms with Gasteiger partial charge in [-0.1, -0.05) is 0 Å². The third-order valence-corrected chi connectivity index (χ3v) is 3.79. The fourth-order valence-electron chi connectivity index (χ4n) is 2.60. The third kappa shape index (κ3) is 4.12. The zero-order valence-corrected chi connectivity index (χ0v) is 14.8. The van der Waals surface area contributed by atoms with Gasteiger partial charge in [0, 0.05) is 11.8 Å². The van der Waals surface area contributed by atoms with Crippen molar-refractivity contribution in [3.8, 4) is 23.9 Å². The summed E-state index contributed by atoms with van der Waals surface area (Å²) in [5, 5.41) is 21.0. The van der Waals surface area contributed by atoms with E-state index >= 15 is 0 Å². The number of nitrogens with one attached hydrogen (secondary N) is 1. The number of ether oxygens (including phenoxy) is 1. The number of rotatable bonds is 4. The number of nitrogen functional groups attached to an aromatic ring is 1. The van der Waals surface area contributed by atoms with Gasteiger partial charge in [-0.15, -0.1) is 0 Å². The molecule has 7 heteroatoms. The molecule has 0 amide bonds. The smallest absolute Gasteiger partial charge is 0.325 e. The minimum absolute atomic E-state index is 0.0991. The Morgan fingerprint density at radius 2 is 1.56 bits per heavy atom. The number of hydrogen-bond acceptors (Lipinski definition) is 7. The normalized spacial score (nSPS) is 9.93. The van der Waals surface area contributed by atoms with Crippen LogP contribution < -0.4 is 15.8 Å². The number of aryl methyl sites for hydroxylation is 2. The molecule has 27 heavy (non-hydrogen) atoms. The molecule has 132 valence electrons. The van der Waals surface area contributed by atoms with E-state index in [4.69, 9.17) is 21.0 Å². The van der Waals surface area contributed by atoms with Gasteiger partial charge in [-0.2, -0.15) is 20.5 Å². The molecule has 0 spiro atoms. The molecule has 1 aromatic heterocycles. The van der Waals surface area contributed by atoms with Crippen molar-refractivity contribution in [2.45, 2.75) is 13.8 Å². The van der Waals surface area contributed by atoms with Gasteiger partial charge in [0.1, 0.15) is 17.4 Å². The monoisotopic (exact) mass is 356 g/mol. The molecule has 0 atom stereocenters. The average molecular weight is 356 g/mol. The number of aromatic nitrogens is 2. The zero-order chi connectivity index (χ0) is 19.4. The molecule has 0 fully saturated rings. The number of nitrogens with zero attached hydrogens (tertiary/aromatic N) is 4. The summed E-state index contributed by atoms with van der Waals surface area (Å²) in [5.74, 6) is 1.30. The molecule has 0 unspecified atom stereocenters. The summed E-state index contributed by atoms with van der Waals surface area (Å²) >= 11 is 0. The van der Waals surface area contributed by atoms with Crippen molar-refractivity contribution in [3.63, 3.8) is 0 Å². The predicted octanol–water partition coefficient (Wildman–Crippen LogP) is 3.95. The maximum absolute atomic E-state index is 9.05. The van der Waals surface area contributed by atoms with Crippen LogP contribution in [0.2, 0.25) is 0 Å². The number of nitriles is 2. The summed E-state index contributed by atoms with van der Waals surface area (Å²) < 4.78 is 5.84. The van der Waals surface area contributed by atoms with E-state index in [1.807, 2.05) is 13.8 Å². The molecule has 1 heterocycles. The summed E-state index contributed by atoms with van der Waals surface area (Å²) in [7, 11) is 0. The first kappa shape index (κ1) is 17.7. The molecular weight excluding hydrogens is 340 g/mol. The topological polar surface area (TPSA) is 121 Å². The molecule has 0 radical (unpaired) electrons. The molecule has 0 bridgehead atoms. The van der Waals surface area contributed by atoms with Crippen LogP contribution in [0, 0.1) is 36.5 Å². The van der Waals surface area contributed by atoms with E-state index in [0.29, 0.717) is 22.7 Å². The standard InChI is InChI=1S/C20H16N6O/c1-12-7-15(11-22)8-13(2)19(12)27-20-25-17(23)9-18(26-20)24-16-5-3-14(10-21)4-6-16/h3-9H,1-2H3,(H3,23,24,25,26). The van der Waals surface area contributed by atoms with Gasteiger partial charge in [-0.3, -0.25) is 0 Å². The number of anilines is 3. The Morgan fingerprint density at radius 1 is 0.926 bits per heavy atom. The number of hydrogen-bond donors (Lipinski definition) is 2. The Hall–Kier alpha value is -4.10. The Bertz CT molecular complexity index is 1050. The second kappa shape index (κ2) is 7.42. The molecule has 0 saturated carbocycles. The van der Waals surface area contributed by atoms with Crippen LogP contribution in [0.15, 0.2) is 42.5 Å². The lowest BCUT2D eigenvalue weighted by Gasteiger charge is -2.12. The van der Waals surface area contributed by atoms with Crippen molar-refractivity contribution in [2.75, 3.05) is 11.1 Å². The minimum Gasteiger partial charge on any atom is -0.424 e. The van der Waals surface area contributed by atoms with Gasteiger partial charge in [-0.05, 0) is 61.4 Å². The van der Waals surface area contributed by atoms with Gasteiger partial charge in [0.05, 0.1) is 23.3 Å². The predicted molar refractivity (Wildman–Crippen MR) is 102 cm³/mol. The van der Waals surface area contributed by atoms with Crippen molar-refractivity contribution in [2.24, 2.45) is 0 Å². The maximum Gasteiger partial charge on any atom is 0.325 e. The zero-order valence-electron chi connectivity index (χ0n) is 14.8. The van der Waals surface area contributed by atoms with Crippen molar-refractivity contribution >= 4 is 17.3 Å². The van der Waals surface area contributed by atoms with Crippen LogP contribution in [0.4, 0.5) is 17.3 Å². The fraction of sp³-hybridized carbons (Fsp3) is 0.100. The SMILES string of the molecule is Cc1cc(C#N)cc(C)c1Oc1nc(N)cc(Nc2ccc(C#N)cc2)n1. The lowest BCUT2D eigenvalue weighted by Crippen LogP contribution is -2.02. The van der Waals surface area contributed by atoms with Crippen molar-refractivity contribution in [3.05, 3.63) is 64.7 Å². The molecule has 3 N–H and O–H groups in total. The molecule has 0 aliphatic heterocycles. The van der Waals surface area contributed by atoms with Crippen LogP contribution in [0.3, 0.4) is 0 Å². The van der Waals surface area contributed by atoms with E-state index in [2.05, 4.69) is 27.4 Å². The first-order valence-corrected chi connectivity index (χ1v) is 8.09.